The van der Waals surface area contributed by atoms with Gasteiger partial charge in [0.15, 0.2) is 0 Å². The fraction of sp³-hybridized carbons (Fsp3) is 0.765. The second kappa shape index (κ2) is 8.89. The van der Waals surface area contributed by atoms with Gasteiger partial charge in [-0.2, -0.15) is 0 Å². The normalized spacial score (nSPS) is 14.1. The van der Waals surface area contributed by atoms with Gasteiger partial charge in [-0.3, -0.25) is 4.90 Å². The molecule has 0 saturated heterocycles. The molecule has 1 N–H and O–H groups in total. The highest BCUT2D eigenvalue weighted by atomic mass is 32.1. The number of ether oxygens (including phenoxy) is 1. The van der Waals surface area contributed by atoms with E-state index in [1.807, 2.05) is 20.8 Å². The van der Waals surface area contributed by atoms with Crippen molar-refractivity contribution in [3.05, 3.63) is 22.4 Å². The van der Waals surface area contributed by atoms with Gasteiger partial charge in [0.2, 0.25) is 0 Å². The molecule has 1 rings (SSSR count). The van der Waals surface area contributed by atoms with Gasteiger partial charge in [0, 0.05) is 18.0 Å². The molecule has 0 aliphatic rings. The molecule has 1 heterocycles. The van der Waals surface area contributed by atoms with Gasteiger partial charge in [-0.1, -0.05) is 19.9 Å². The number of thiophene rings is 1. The summed E-state index contributed by atoms with van der Waals surface area (Å²) in [5.41, 5.74) is -0.197. The van der Waals surface area contributed by atoms with E-state index in [-0.39, 0.29) is 5.60 Å². The maximum atomic E-state index is 10.2. The molecule has 1 unspecified atom stereocenters. The van der Waals surface area contributed by atoms with Crippen molar-refractivity contribution in [2.75, 3.05) is 19.7 Å². The van der Waals surface area contributed by atoms with E-state index in [1.165, 1.54) is 4.88 Å². The molecule has 21 heavy (non-hydrogen) atoms. The molecule has 0 saturated carbocycles. The van der Waals surface area contributed by atoms with E-state index in [1.54, 1.807) is 11.3 Å². The van der Waals surface area contributed by atoms with Crippen LogP contribution in [0.5, 0.6) is 0 Å². The van der Waals surface area contributed by atoms with Crippen molar-refractivity contribution in [2.45, 2.75) is 59.3 Å². The van der Waals surface area contributed by atoms with Gasteiger partial charge in [-0.25, -0.2) is 0 Å². The third-order valence-corrected chi connectivity index (χ3v) is 4.02. The van der Waals surface area contributed by atoms with Gasteiger partial charge in [0.25, 0.3) is 0 Å². The summed E-state index contributed by atoms with van der Waals surface area (Å²) in [7, 11) is 0. The molecular weight excluding hydrogens is 282 g/mol. The largest absolute Gasteiger partial charge is 0.389 e. The molecule has 0 fully saturated rings. The summed E-state index contributed by atoms with van der Waals surface area (Å²) in [5, 5.41) is 12.3. The molecule has 0 radical (unpaired) electrons. The molecule has 0 spiro atoms. The molecule has 1 aromatic heterocycles. The Kier molecular flexibility index (Phi) is 7.88. The zero-order valence-corrected chi connectivity index (χ0v) is 14.9. The van der Waals surface area contributed by atoms with Crippen LogP contribution in [-0.4, -0.2) is 41.4 Å². The number of aliphatic hydroxyl groups excluding tert-OH is 1. The van der Waals surface area contributed by atoms with Crippen molar-refractivity contribution >= 4 is 11.3 Å². The number of nitrogens with zero attached hydrogens (tertiary/aromatic N) is 1. The van der Waals surface area contributed by atoms with Gasteiger partial charge in [0.1, 0.15) is 0 Å². The van der Waals surface area contributed by atoms with Crippen LogP contribution in [0.4, 0.5) is 0 Å². The van der Waals surface area contributed by atoms with E-state index in [2.05, 4.69) is 36.3 Å². The first-order valence-corrected chi connectivity index (χ1v) is 8.71. The predicted octanol–water partition coefficient (Wildman–Crippen LogP) is 3.77. The molecule has 0 bridgehead atoms. The number of hydrogen-bond acceptors (Lipinski definition) is 4. The van der Waals surface area contributed by atoms with E-state index in [0.717, 1.165) is 19.5 Å². The van der Waals surface area contributed by atoms with Crippen molar-refractivity contribution in [2.24, 2.45) is 5.92 Å². The fourth-order valence-electron chi connectivity index (χ4n) is 2.00. The van der Waals surface area contributed by atoms with Crippen LogP contribution in [0.25, 0.3) is 0 Å². The molecule has 0 aliphatic carbocycles. The summed E-state index contributed by atoms with van der Waals surface area (Å²) in [6.45, 7) is 13.5. The Labute approximate surface area is 133 Å². The molecule has 3 nitrogen and oxygen atoms in total. The number of hydrogen-bond donors (Lipinski definition) is 1. The van der Waals surface area contributed by atoms with Crippen LogP contribution in [0.1, 0.15) is 45.9 Å². The Hall–Kier alpha value is -0.420. The highest BCUT2D eigenvalue weighted by Gasteiger charge is 2.17. The average Bonchev–Trinajstić information content (AvgIpc) is 2.85. The Morgan fingerprint density at radius 2 is 2.05 bits per heavy atom. The van der Waals surface area contributed by atoms with Gasteiger partial charge in [-0.15, -0.1) is 11.3 Å². The zero-order valence-electron chi connectivity index (χ0n) is 14.1. The molecule has 0 aliphatic heterocycles. The molecule has 0 aromatic carbocycles. The number of aliphatic hydroxyl groups is 1. The van der Waals surface area contributed by atoms with Crippen molar-refractivity contribution in [1.82, 2.24) is 4.90 Å². The number of rotatable bonds is 9. The van der Waals surface area contributed by atoms with Crippen LogP contribution >= 0.6 is 11.3 Å². The third-order valence-electron chi connectivity index (χ3n) is 3.16. The average molecular weight is 314 g/mol. The molecule has 122 valence electrons. The minimum atomic E-state index is -0.434. The highest BCUT2D eigenvalue weighted by molar-refractivity contribution is 7.09. The van der Waals surface area contributed by atoms with E-state index >= 15 is 0 Å². The Balaban J connectivity index is 2.47. The lowest BCUT2D eigenvalue weighted by Gasteiger charge is -2.27. The van der Waals surface area contributed by atoms with Crippen LogP contribution in [0, 0.1) is 5.92 Å². The topological polar surface area (TPSA) is 32.7 Å². The van der Waals surface area contributed by atoms with Crippen LogP contribution in [0.3, 0.4) is 0 Å². The molecule has 4 heteroatoms. The first kappa shape index (κ1) is 18.6. The van der Waals surface area contributed by atoms with E-state index in [9.17, 15) is 5.11 Å². The minimum absolute atomic E-state index is 0.197. The van der Waals surface area contributed by atoms with Crippen LogP contribution in [-0.2, 0) is 11.3 Å². The van der Waals surface area contributed by atoms with Gasteiger partial charge in [-0.05, 0) is 51.1 Å². The van der Waals surface area contributed by atoms with Gasteiger partial charge < -0.3 is 9.84 Å². The lowest BCUT2D eigenvalue weighted by atomic mass is 10.1. The Morgan fingerprint density at radius 3 is 2.57 bits per heavy atom. The van der Waals surface area contributed by atoms with Crippen LogP contribution < -0.4 is 0 Å². The highest BCUT2D eigenvalue weighted by Crippen LogP contribution is 2.14. The van der Waals surface area contributed by atoms with E-state index in [4.69, 9.17) is 4.74 Å². The van der Waals surface area contributed by atoms with E-state index in [0.29, 0.717) is 19.1 Å². The van der Waals surface area contributed by atoms with Gasteiger partial charge >= 0.3 is 0 Å². The summed E-state index contributed by atoms with van der Waals surface area (Å²) in [6, 6.07) is 4.24. The molecule has 0 amide bonds. The lowest BCUT2D eigenvalue weighted by molar-refractivity contribution is -0.0568. The standard InChI is InChI=1S/C17H31NO2S/c1-14(2)8-9-18(12-16-7-6-10-21-16)11-15(19)13-20-17(3,4)5/h6-7,10,14-15,19H,8-9,11-13H2,1-5H3. The van der Waals surface area contributed by atoms with Crippen molar-refractivity contribution in [3.8, 4) is 0 Å². The lowest BCUT2D eigenvalue weighted by Crippen LogP contribution is -2.37. The van der Waals surface area contributed by atoms with E-state index < -0.39 is 6.10 Å². The first-order chi connectivity index (χ1) is 9.76. The summed E-state index contributed by atoms with van der Waals surface area (Å²) < 4.78 is 5.68. The maximum Gasteiger partial charge on any atom is 0.0900 e. The van der Waals surface area contributed by atoms with Crippen molar-refractivity contribution in [1.29, 1.82) is 0 Å². The maximum absolute atomic E-state index is 10.2. The summed E-state index contributed by atoms with van der Waals surface area (Å²) in [4.78, 5) is 3.69. The smallest absolute Gasteiger partial charge is 0.0900 e. The molecule has 1 atom stereocenters. The monoisotopic (exact) mass is 313 g/mol. The molecular formula is C17H31NO2S. The summed E-state index contributed by atoms with van der Waals surface area (Å²) in [5.74, 6) is 0.679. The Morgan fingerprint density at radius 1 is 1.33 bits per heavy atom. The van der Waals surface area contributed by atoms with Gasteiger partial charge in [0.05, 0.1) is 18.3 Å². The fourth-order valence-corrected chi connectivity index (χ4v) is 2.74. The quantitative estimate of drug-likeness (QED) is 0.753. The van der Waals surface area contributed by atoms with Crippen LogP contribution in [0.2, 0.25) is 0 Å². The second-order valence-corrected chi connectivity index (χ2v) is 8.11. The third kappa shape index (κ3) is 9.25. The molecule has 1 aromatic rings. The van der Waals surface area contributed by atoms with Crippen LogP contribution in [0.15, 0.2) is 17.5 Å². The summed E-state index contributed by atoms with van der Waals surface area (Å²) >= 11 is 1.78. The minimum Gasteiger partial charge on any atom is -0.389 e. The second-order valence-electron chi connectivity index (χ2n) is 7.07. The summed E-state index contributed by atoms with van der Waals surface area (Å²) in [6.07, 6.45) is 0.717. The Bertz CT molecular complexity index is 371. The SMILES string of the molecule is CC(C)CCN(Cc1cccs1)CC(O)COC(C)(C)C. The van der Waals surface area contributed by atoms with Crippen molar-refractivity contribution in [3.63, 3.8) is 0 Å². The predicted molar refractivity (Wildman–Crippen MR) is 90.8 cm³/mol. The zero-order chi connectivity index (χ0) is 15.9. The first-order valence-electron chi connectivity index (χ1n) is 7.83. The van der Waals surface area contributed by atoms with Crippen molar-refractivity contribution < 1.29 is 9.84 Å².